The van der Waals surface area contributed by atoms with E-state index in [0.717, 1.165) is 12.1 Å². The number of amides is 1. The first kappa shape index (κ1) is 18.5. The van der Waals surface area contributed by atoms with Crippen LogP contribution in [0, 0.1) is 0 Å². The van der Waals surface area contributed by atoms with Gasteiger partial charge in [0.05, 0.1) is 6.04 Å². The van der Waals surface area contributed by atoms with Crippen LogP contribution in [0.5, 0.6) is 0 Å². The monoisotopic (exact) mass is 367 g/mol. The van der Waals surface area contributed by atoms with Gasteiger partial charge in [0.1, 0.15) is 0 Å². The van der Waals surface area contributed by atoms with Crippen molar-refractivity contribution < 1.29 is 4.79 Å². The first-order valence-electron chi connectivity index (χ1n) is 7.51. The van der Waals surface area contributed by atoms with Crippen LogP contribution in [-0.2, 0) is 7.05 Å². The standard InChI is InChI=1S/C17H18ClN3O2.ClH/c1-20-8-6-12(10-16(20)22)17(23)21-9-7-19-11-15(21)13-4-2-3-5-14(13)18;/h2-6,8,10,15,19H,7,9,11H2,1H3;1H. The van der Waals surface area contributed by atoms with Crippen LogP contribution in [0.25, 0.3) is 0 Å². The van der Waals surface area contributed by atoms with E-state index < -0.39 is 0 Å². The SMILES string of the molecule is Cl.Cn1ccc(C(=O)N2CCNCC2c2ccccc2Cl)cc1=O. The van der Waals surface area contributed by atoms with E-state index in [2.05, 4.69) is 5.32 Å². The van der Waals surface area contributed by atoms with Crippen LogP contribution < -0.4 is 10.9 Å². The quantitative estimate of drug-likeness (QED) is 0.885. The zero-order valence-electron chi connectivity index (χ0n) is 13.2. The number of carbonyl (C=O) groups excluding carboxylic acids is 1. The Hall–Kier alpha value is -1.82. The first-order chi connectivity index (χ1) is 11.1. The zero-order chi connectivity index (χ0) is 16.4. The average Bonchev–Trinajstić information content (AvgIpc) is 2.57. The number of halogens is 2. The van der Waals surface area contributed by atoms with Gasteiger partial charge in [-0.15, -0.1) is 12.4 Å². The maximum atomic E-state index is 12.9. The highest BCUT2D eigenvalue weighted by molar-refractivity contribution is 6.31. The van der Waals surface area contributed by atoms with Gasteiger partial charge in [-0.25, -0.2) is 0 Å². The largest absolute Gasteiger partial charge is 0.329 e. The highest BCUT2D eigenvalue weighted by Crippen LogP contribution is 2.29. The highest BCUT2D eigenvalue weighted by atomic mass is 35.5. The molecule has 0 saturated carbocycles. The molecule has 3 rings (SSSR count). The van der Waals surface area contributed by atoms with Crippen molar-refractivity contribution in [3.63, 3.8) is 0 Å². The smallest absolute Gasteiger partial charge is 0.254 e. The fourth-order valence-electron chi connectivity index (χ4n) is 2.82. The minimum atomic E-state index is -0.194. The van der Waals surface area contributed by atoms with Gasteiger partial charge in [-0.1, -0.05) is 29.8 Å². The number of rotatable bonds is 2. The van der Waals surface area contributed by atoms with Gasteiger partial charge in [0.15, 0.2) is 0 Å². The van der Waals surface area contributed by atoms with Gasteiger partial charge in [0, 0.05) is 49.5 Å². The summed E-state index contributed by atoms with van der Waals surface area (Å²) in [4.78, 5) is 26.4. The lowest BCUT2D eigenvalue weighted by atomic mass is 10.0. The van der Waals surface area contributed by atoms with Crippen LogP contribution in [0.1, 0.15) is 22.0 Å². The van der Waals surface area contributed by atoms with E-state index >= 15 is 0 Å². The third-order valence-corrected chi connectivity index (χ3v) is 4.46. The van der Waals surface area contributed by atoms with Crippen molar-refractivity contribution in [1.82, 2.24) is 14.8 Å². The Balaban J connectivity index is 0.00000208. The molecule has 5 nitrogen and oxygen atoms in total. The number of benzene rings is 1. The molecule has 1 N–H and O–H groups in total. The molecule has 1 fully saturated rings. The number of hydrogen-bond acceptors (Lipinski definition) is 3. The van der Waals surface area contributed by atoms with Crippen LogP contribution in [0.15, 0.2) is 47.4 Å². The maximum absolute atomic E-state index is 12.9. The van der Waals surface area contributed by atoms with Crippen molar-refractivity contribution in [2.75, 3.05) is 19.6 Å². The topological polar surface area (TPSA) is 54.3 Å². The Morgan fingerprint density at radius 3 is 2.75 bits per heavy atom. The second-order valence-electron chi connectivity index (χ2n) is 5.60. The number of carbonyl (C=O) groups is 1. The lowest BCUT2D eigenvalue weighted by Gasteiger charge is -2.37. The van der Waals surface area contributed by atoms with Crippen molar-refractivity contribution in [1.29, 1.82) is 0 Å². The summed E-state index contributed by atoms with van der Waals surface area (Å²) in [6.07, 6.45) is 1.61. The van der Waals surface area contributed by atoms with Crippen molar-refractivity contribution >= 4 is 29.9 Å². The van der Waals surface area contributed by atoms with Gasteiger partial charge in [-0.05, 0) is 17.7 Å². The maximum Gasteiger partial charge on any atom is 0.254 e. The number of pyridine rings is 1. The van der Waals surface area contributed by atoms with E-state index in [9.17, 15) is 9.59 Å². The molecule has 1 aliphatic rings. The van der Waals surface area contributed by atoms with Gasteiger partial charge < -0.3 is 14.8 Å². The Morgan fingerprint density at radius 2 is 2.04 bits per heavy atom. The number of hydrogen-bond donors (Lipinski definition) is 1. The fraction of sp³-hybridized carbons (Fsp3) is 0.294. The van der Waals surface area contributed by atoms with Crippen molar-refractivity contribution in [3.05, 3.63) is 69.1 Å². The van der Waals surface area contributed by atoms with Gasteiger partial charge >= 0.3 is 0 Å². The van der Waals surface area contributed by atoms with E-state index in [-0.39, 0.29) is 29.9 Å². The number of nitrogens with one attached hydrogen (secondary N) is 1. The average molecular weight is 368 g/mol. The lowest BCUT2D eigenvalue weighted by molar-refractivity contribution is 0.0634. The predicted molar refractivity (Wildman–Crippen MR) is 97.0 cm³/mol. The van der Waals surface area contributed by atoms with E-state index in [1.54, 1.807) is 24.2 Å². The third kappa shape index (κ3) is 3.64. The zero-order valence-corrected chi connectivity index (χ0v) is 14.8. The van der Waals surface area contributed by atoms with E-state index in [0.29, 0.717) is 23.7 Å². The molecule has 0 aliphatic carbocycles. The molecule has 1 unspecified atom stereocenters. The molecule has 1 amide bonds. The number of aryl methyl sites for hydroxylation is 1. The molecule has 1 aromatic carbocycles. The summed E-state index contributed by atoms with van der Waals surface area (Å²) in [7, 11) is 1.66. The molecule has 0 radical (unpaired) electrons. The molecule has 2 heterocycles. The lowest BCUT2D eigenvalue weighted by Crippen LogP contribution is -2.49. The Bertz CT molecular complexity index is 791. The van der Waals surface area contributed by atoms with Crippen molar-refractivity contribution in [3.8, 4) is 0 Å². The second kappa shape index (κ2) is 7.83. The summed E-state index contributed by atoms with van der Waals surface area (Å²) in [5, 5.41) is 3.94. The van der Waals surface area contributed by atoms with Crippen molar-refractivity contribution in [2.24, 2.45) is 7.05 Å². The van der Waals surface area contributed by atoms with Crippen molar-refractivity contribution in [2.45, 2.75) is 6.04 Å². The highest BCUT2D eigenvalue weighted by Gasteiger charge is 2.29. The van der Waals surface area contributed by atoms with E-state index in [4.69, 9.17) is 11.6 Å². The van der Waals surface area contributed by atoms with Crippen LogP contribution in [0.4, 0.5) is 0 Å². The summed E-state index contributed by atoms with van der Waals surface area (Å²) in [6, 6.07) is 10.5. The van der Waals surface area contributed by atoms with Gasteiger partial charge in [-0.3, -0.25) is 9.59 Å². The summed E-state index contributed by atoms with van der Waals surface area (Å²) < 4.78 is 1.44. The van der Waals surface area contributed by atoms with E-state index in [1.807, 2.05) is 24.3 Å². The summed E-state index contributed by atoms with van der Waals surface area (Å²) >= 11 is 6.30. The molecule has 1 aliphatic heterocycles. The van der Waals surface area contributed by atoms with Crippen LogP contribution in [-0.4, -0.2) is 35.0 Å². The Labute approximate surface area is 151 Å². The van der Waals surface area contributed by atoms with Crippen LogP contribution in [0.3, 0.4) is 0 Å². The number of nitrogens with zero attached hydrogens (tertiary/aromatic N) is 2. The first-order valence-corrected chi connectivity index (χ1v) is 7.88. The molecule has 1 saturated heterocycles. The van der Waals surface area contributed by atoms with Gasteiger partial charge in [0.25, 0.3) is 11.5 Å². The molecule has 1 aromatic heterocycles. The molecule has 24 heavy (non-hydrogen) atoms. The third-order valence-electron chi connectivity index (χ3n) is 4.12. The normalized spacial score (nSPS) is 17.2. The molecule has 128 valence electrons. The van der Waals surface area contributed by atoms with Crippen LogP contribution >= 0.6 is 24.0 Å². The molecule has 7 heteroatoms. The minimum absolute atomic E-state index is 0. The van der Waals surface area contributed by atoms with Crippen LogP contribution in [0.2, 0.25) is 5.02 Å². The fourth-order valence-corrected chi connectivity index (χ4v) is 3.08. The molecule has 0 bridgehead atoms. The van der Waals surface area contributed by atoms with Gasteiger partial charge in [0.2, 0.25) is 0 Å². The Kier molecular flexibility index (Phi) is 6.04. The predicted octanol–water partition coefficient (Wildman–Crippen LogP) is 2.25. The molecule has 2 aromatic rings. The molecule has 1 atom stereocenters. The summed E-state index contributed by atoms with van der Waals surface area (Å²) in [6.45, 7) is 1.93. The molecule has 0 spiro atoms. The molecular formula is C17H19Cl2N3O2. The minimum Gasteiger partial charge on any atom is -0.329 e. The molecular weight excluding hydrogens is 349 g/mol. The summed E-state index contributed by atoms with van der Waals surface area (Å²) in [5.74, 6) is -0.144. The number of aromatic nitrogens is 1. The van der Waals surface area contributed by atoms with E-state index in [1.165, 1.54) is 10.6 Å². The summed E-state index contributed by atoms with van der Waals surface area (Å²) in [5.41, 5.74) is 1.13. The Morgan fingerprint density at radius 1 is 1.29 bits per heavy atom. The second-order valence-corrected chi connectivity index (χ2v) is 6.01. The number of piperazine rings is 1. The van der Waals surface area contributed by atoms with Gasteiger partial charge in [-0.2, -0.15) is 0 Å².